The first-order valence-corrected chi connectivity index (χ1v) is 15.0. The fraction of sp³-hybridized carbons (Fsp3) is 0.0976. The predicted octanol–water partition coefficient (Wildman–Crippen LogP) is 8.82. The summed E-state index contributed by atoms with van der Waals surface area (Å²) in [4.78, 5) is 14.4. The van der Waals surface area contributed by atoms with Crippen LogP contribution in [-0.2, 0) is 29.5 Å². The van der Waals surface area contributed by atoms with Crippen molar-refractivity contribution in [1.82, 2.24) is 0 Å². The standard InChI is InChI=1S/C41H28O2/c42-40(43)41(37-19-7-16-31-28-13-4-1-10-25(28)22-34(31)37,38-20-8-17-32-29-14-5-2-11-26(29)23-35(32)38)39-21-9-18-33-30-15-6-3-12-27(30)24-36(33)39/h1-21H,22-24H2,(H,42,43). The molecule has 204 valence electrons. The molecule has 6 aromatic rings. The fourth-order valence-electron chi connectivity index (χ4n) is 8.31. The topological polar surface area (TPSA) is 37.3 Å². The molecule has 0 heterocycles. The molecule has 0 saturated heterocycles. The van der Waals surface area contributed by atoms with E-state index in [9.17, 15) is 9.90 Å². The summed E-state index contributed by atoms with van der Waals surface area (Å²) < 4.78 is 0. The van der Waals surface area contributed by atoms with E-state index in [0.29, 0.717) is 0 Å². The molecule has 0 bridgehead atoms. The first-order chi connectivity index (χ1) is 21.2. The van der Waals surface area contributed by atoms with Crippen LogP contribution in [0.15, 0.2) is 127 Å². The maximum absolute atomic E-state index is 14.4. The van der Waals surface area contributed by atoms with Crippen LogP contribution in [0.5, 0.6) is 0 Å². The van der Waals surface area contributed by atoms with Gasteiger partial charge in [0.15, 0.2) is 0 Å². The van der Waals surface area contributed by atoms with E-state index in [1.807, 2.05) is 0 Å². The summed E-state index contributed by atoms with van der Waals surface area (Å²) >= 11 is 0. The molecule has 0 saturated carbocycles. The van der Waals surface area contributed by atoms with E-state index in [1.54, 1.807) is 0 Å². The highest BCUT2D eigenvalue weighted by Gasteiger charge is 2.50. The van der Waals surface area contributed by atoms with Crippen LogP contribution in [0.2, 0.25) is 0 Å². The van der Waals surface area contributed by atoms with Gasteiger partial charge in [-0.3, -0.25) is 4.79 Å². The van der Waals surface area contributed by atoms with Crippen LogP contribution in [-0.4, -0.2) is 11.1 Å². The van der Waals surface area contributed by atoms with Gasteiger partial charge in [-0.15, -0.1) is 0 Å². The Hall–Kier alpha value is -5.21. The first-order valence-electron chi connectivity index (χ1n) is 15.0. The summed E-state index contributed by atoms with van der Waals surface area (Å²) in [7, 11) is 0. The third-order valence-corrected chi connectivity index (χ3v) is 10.1. The Bertz CT molecular complexity index is 1920. The second kappa shape index (κ2) is 8.89. The van der Waals surface area contributed by atoms with Crippen LogP contribution < -0.4 is 0 Å². The monoisotopic (exact) mass is 552 g/mol. The third kappa shape index (κ3) is 3.21. The SMILES string of the molecule is O=C(O)C(c1cccc2c1Cc1ccccc1-2)(c1cccc2c1Cc1ccccc1-2)c1cccc2c1Cc1ccccc1-2. The van der Waals surface area contributed by atoms with E-state index < -0.39 is 11.4 Å². The normalized spacial score (nSPS) is 13.5. The summed E-state index contributed by atoms with van der Waals surface area (Å²) in [5, 5.41) is 11.8. The van der Waals surface area contributed by atoms with Gasteiger partial charge in [0.1, 0.15) is 5.41 Å². The highest BCUT2D eigenvalue weighted by atomic mass is 16.4. The number of hydrogen-bond donors (Lipinski definition) is 1. The molecular formula is C41H28O2. The molecule has 43 heavy (non-hydrogen) atoms. The molecule has 0 aliphatic heterocycles. The van der Waals surface area contributed by atoms with Gasteiger partial charge in [-0.2, -0.15) is 0 Å². The largest absolute Gasteiger partial charge is 0.480 e. The zero-order valence-corrected chi connectivity index (χ0v) is 23.6. The molecule has 3 aliphatic carbocycles. The molecule has 0 atom stereocenters. The van der Waals surface area contributed by atoms with Crippen molar-refractivity contribution in [2.45, 2.75) is 24.7 Å². The van der Waals surface area contributed by atoms with Gasteiger partial charge >= 0.3 is 5.97 Å². The lowest BCUT2D eigenvalue weighted by molar-refractivity contribution is -0.140. The molecule has 2 nitrogen and oxygen atoms in total. The van der Waals surface area contributed by atoms with E-state index in [4.69, 9.17) is 0 Å². The molecule has 0 radical (unpaired) electrons. The Morgan fingerprint density at radius 1 is 0.419 bits per heavy atom. The number of carboxylic acid groups (broad SMARTS) is 1. The highest BCUT2D eigenvalue weighted by molar-refractivity contribution is 5.97. The van der Waals surface area contributed by atoms with Crippen molar-refractivity contribution in [1.29, 1.82) is 0 Å². The fourth-order valence-corrected chi connectivity index (χ4v) is 8.31. The summed E-state index contributed by atoms with van der Waals surface area (Å²) in [5.74, 6) is -0.828. The molecule has 1 N–H and O–H groups in total. The van der Waals surface area contributed by atoms with Crippen molar-refractivity contribution >= 4 is 5.97 Å². The minimum atomic E-state index is -1.39. The van der Waals surface area contributed by atoms with Crippen molar-refractivity contribution in [3.8, 4) is 33.4 Å². The van der Waals surface area contributed by atoms with Gasteiger partial charge in [-0.1, -0.05) is 127 Å². The number of rotatable bonds is 4. The Morgan fingerprint density at radius 2 is 0.721 bits per heavy atom. The lowest BCUT2D eigenvalue weighted by Gasteiger charge is -2.36. The van der Waals surface area contributed by atoms with Crippen molar-refractivity contribution in [3.05, 3.63) is 177 Å². The Labute approximate surface area is 250 Å². The first kappa shape index (κ1) is 24.4. The molecule has 3 aliphatic rings. The summed E-state index contributed by atoms with van der Waals surface area (Å²) in [6.07, 6.45) is 2.17. The van der Waals surface area contributed by atoms with E-state index >= 15 is 0 Å². The maximum Gasteiger partial charge on any atom is 0.323 e. The van der Waals surface area contributed by atoms with Crippen LogP contribution in [0, 0.1) is 0 Å². The lowest BCUT2D eigenvalue weighted by atomic mass is 9.64. The molecule has 0 spiro atoms. The van der Waals surface area contributed by atoms with E-state index in [0.717, 1.165) is 69.3 Å². The second-order valence-electron chi connectivity index (χ2n) is 12.1. The summed E-state index contributed by atoms with van der Waals surface area (Å²) in [6.45, 7) is 0. The van der Waals surface area contributed by atoms with Crippen LogP contribution in [0.25, 0.3) is 33.4 Å². The Balaban J connectivity index is 1.40. The average Bonchev–Trinajstić information content (AvgIpc) is 3.73. The van der Waals surface area contributed by atoms with Crippen LogP contribution in [0.3, 0.4) is 0 Å². The molecule has 0 aromatic heterocycles. The van der Waals surface area contributed by atoms with E-state index in [-0.39, 0.29) is 0 Å². The number of benzene rings is 6. The van der Waals surface area contributed by atoms with Gasteiger partial charge in [0.2, 0.25) is 0 Å². The Morgan fingerprint density at radius 3 is 1.05 bits per heavy atom. The Kier molecular flexibility index (Phi) is 5.05. The van der Waals surface area contributed by atoms with Gasteiger partial charge in [0.05, 0.1) is 0 Å². The number of aliphatic carboxylic acids is 1. The van der Waals surface area contributed by atoms with Gasteiger partial charge in [0.25, 0.3) is 0 Å². The quantitative estimate of drug-likeness (QED) is 0.222. The highest BCUT2D eigenvalue weighted by Crippen LogP contribution is 2.53. The summed E-state index contributed by atoms with van der Waals surface area (Å²) in [5.41, 5.74) is 15.4. The van der Waals surface area contributed by atoms with Crippen molar-refractivity contribution in [2.24, 2.45) is 0 Å². The van der Waals surface area contributed by atoms with Gasteiger partial charge in [-0.05, 0) is 103 Å². The molecule has 6 aromatic carbocycles. The van der Waals surface area contributed by atoms with Crippen molar-refractivity contribution in [3.63, 3.8) is 0 Å². The number of hydrogen-bond acceptors (Lipinski definition) is 1. The van der Waals surface area contributed by atoms with E-state index in [1.165, 1.54) is 33.4 Å². The average molecular weight is 553 g/mol. The zero-order chi connectivity index (χ0) is 28.7. The smallest absolute Gasteiger partial charge is 0.323 e. The zero-order valence-electron chi connectivity index (χ0n) is 23.6. The lowest BCUT2D eigenvalue weighted by Crippen LogP contribution is -2.41. The van der Waals surface area contributed by atoms with Gasteiger partial charge in [-0.25, -0.2) is 0 Å². The maximum atomic E-state index is 14.4. The van der Waals surface area contributed by atoms with Crippen LogP contribution in [0.4, 0.5) is 0 Å². The molecular weight excluding hydrogens is 524 g/mol. The van der Waals surface area contributed by atoms with Gasteiger partial charge in [0, 0.05) is 0 Å². The molecule has 0 fully saturated rings. The molecule has 9 rings (SSSR count). The second-order valence-corrected chi connectivity index (χ2v) is 12.1. The molecule has 0 unspecified atom stereocenters. The summed E-state index contributed by atoms with van der Waals surface area (Å²) in [6, 6.07) is 44.4. The molecule has 0 amide bonds. The number of fused-ring (bicyclic) bond motifs is 9. The van der Waals surface area contributed by atoms with E-state index in [2.05, 4.69) is 127 Å². The third-order valence-electron chi connectivity index (χ3n) is 10.1. The van der Waals surface area contributed by atoms with Crippen molar-refractivity contribution in [2.75, 3.05) is 0 Å². The minimum absolute atomic E-state index is 0.723. The number of carboxylic acids is 1. The van der Waals surface area contributed by atoms with Gasteiger partial charge < -0.3 is 5.11 Å². The number of carbonyl (C=O) groups is 1. The van der Waals surface area contributed by atoms with Crippen molar-refractivity contribution < 1.29 is 9.90 Å². The minimum Gasteiger partial charge on any atom is -0.480 e. The predicted molar refractivity (Wildman–Crippen MR) is 172 cm³/mol. The van der Waals surface area contributed by atoms with Crippen LogP contribution >= 0.6 is 0 Å². The molecule has 2 heteroatoms. The van der Waals surface area contributed by atoms with Crippen LogP contribution in [0.1, 0.15) is 50.1 Å².